The molecule has 0 saturated carbocycles. The summed E-state index contributed by atoms with van der Waals surface area (Å²) in [7, 11) is 0. The number of benzene rings is 2. The summed E-state index contributed by atoms with van der Waals surface area (Å²) in [4.78, 5) is 15.4. The highest BCUT2D eigenvalue weighted by Crippen LogP contribution is 2.39. The Balaban J connectivity index is 2.16. The molecule has 1 aromatic heterocycles. The second-order valence-electron chi connectivity index (χ2n) is 4.94. The lowest BCUT2D eigenvalue weighted by molar-refractivity contribution is -0.114. The molecule has 0 aliphatic rings. The lowest BCUT2D eigenvalue weighted by atomic mass is 10.1. The molecule has 3 N–H and O–H groups in total. The van der Waals surface area contributed by atoms with Crippen LogP contribution in [0.1, 0.15) is 12.7 Å². The second kappa shape index (κ2) is 5.84. The Morgan fingerprint density at radius 2 is 2.09 bits per heavy atom. The summed E-state index contributed by atoms with van der Waals surface area (Å²) in [6.45, 7) is 3.16. The standard InChI is InChI=1S/C15H14N6O2/c1-8-16-15(20-18-8)21-19-14-12(23)7-6-10-4-3-5-11(13(10)14)17-9(2)22/h3-7,23H,1-2H3,(H,17,22)(H,16,18,20). The number of phenolic OH excluding ortho intramolecular Hbond substituents is 1. The molecular formula is C15H14N6O2. The number of carbonyl (C=O) groups is 1. The molecular weight excluding hydrogens is 296 g/mol. The second-order valence-corrected chi connectivity index (χ2v) is 4.94. The van der Waals surface area contributed by atoms with Crippen molar-refractivity contribution in [2.45, 2.75) is 13.8 Å². The fraction of sp³-hybridized carbons (Fsp3) is 0.133. The van der Waals surface area contributed by atoms with Gasteiger partial charge in [-0.2, -0.15) is 4.98 Å². The zero-order valence-corrected chi connectivity index (χ0v) is 12.5. The summed E-state index contributed by atoms with van der Waals surface area (Å²) < 4.78 is 0. The summed E-state index contributed by atoms with van der Waals surface area (Å²) in [5, 5.41) is 28.8. The van der Waals surface area contributed by atoms with Gasteiger partial charge >= 0.3 is 0 Å². The average Bonchev–Trinajstić information content (AvgIpc) is 2.92. The Morgan fingerprint density at radius 1 is 1.26 bits per heavy atom. The maximum absolute atomic E-state index is 11.4. The van der Waals surface area contributed by atoms with Crippen LogP contribution in [0, 0.1) is 6.92 Å². The van der Waals surface area contributed by atoms with E-state index in [0.29, 0.717) is 16.9 Å². The molecule has 0 aliphatic carbocycles. The molecule has 0 fully saturated rings. The zero-order valence-electron chi connectivity index (χ0n) is 12.5. The highest BCUT2D eigenvalue weighted by atomic mass is 16.3. The number of hydrogen-bond donors (Lipinski definition) is 3. The molecule has 3 aromatic rings. The summed E-state index contributed by atoms with van der Waals surface area (Å²) in [6, 6.07) is 8.67. The topological polar surface area (TPSA) is 116 Å². The molecule has 0 unspecified atom stereocenters. The fourth-order valence-corrected chi connectivity index (χ4v) is 2.21. The van der Waals surface area contributed by atoms with E-state index in [1.165, 1.54) is 13.0 Å². The van der Waals surface area contributed by atoms with Gasteiger partial charge in [-0.3, -0.25) is 9.89 Å². The van der Waals surface area contributed by atoms with Gasteiger partial charge in [-0.1, -0.05) is 18.2 Å². The molecule has 2 aromatic carbocycles. The van der Waals surface area contributed by atoms with Crippen LogP contribution in [0.3, 0.4) is 0 Å². The van der Waals surface area contributed by atoms with Crippen LogP contribution in [0.15, 0.2) is 40.6 Å². The number of nitrogens with zero attached hydrogens (tertiary/aromatic N) is 4. The first kappa shape index (κ1) is 14.6. The predicted molar refractivity (Wildman–Crippen MR) is 85.2 cm³/mol. The molecule has 1 amide bonds. The van der Waals surface area contributed by atoms with Gasteiger partial charge in [0.2, 0.25) is 5.91 Å². The van der Waals surface area contributed by atoms with E-state index < -0.39 is 0 Å². The van der Waals surface area contributed by atoms with Crippen molar-refractivity contribution in [2.75, 3.05) is 5.32 Å². The van der Waals surface area contributed by atoms with E-state index in [-0.39, 0.29) is 23.3 Å². The SMILES string of the molecule is CC(=O)Nc1cccc2ccc(O)c(N=Nc3n[nH]c(C)n3)c12. The van der Waals surface area contributed by atoms with E-state index in [1.54, 1.807) is 19.1 Å². The van der Waals surface area contributed by atoms with E-state index in [1.807, 2.05) is 12.1 Å². The molecule has 0 aliphatic heterocycles. The monoisotopic (exact) mass is 310 g/mol. The van der Waals surface area contributed by atoms with Crippen molar-refractivity contribution < 1.29 is 9.90 Å². The van der Waals surface area contributed by atoms with Crippen LogP contribution in [0.4, 0.5) is 17.3 Å². The number of phenols is 1. The largest absolute Gasteiger partial charge is 0.506 e. The Kier molecular flexibility index (Phi) is 3.71. The van der Waals surface area contributed by atoms with Crippen LogP contribution in [-0.4, -0.2) is 26.2 Å². The van der Waals surface area contributed by atoms with Crippen LogP contribution in [-0.2, 0) is 4.79 Å². The molecule has 0 radical (unpaired) electrons. The number of anilines is 1. The van der Waals surface area contributed by atoms with Crippen LogP contribution in [0.2, 0.25) is 0 Å². The lowest BCUT2D eigenvalue weighted by Gasteiger charge is -2.10. The van der Waals surface area contributed by atoms with Crippen molar-refractivity contribution in [3.8, 4) is 5.75 Å². The number of azo groups is 1. The van der Waals surface area contributed by atoms with Crippen LogP contribution in [0.5, 0.6) is 5.75 Å². The van der Waals surface area contributed by atoms with Gasteiger partial charge in [-0.15, -0.1) is 15.3 Å². The molecule has 0 saturated heterocycles. The molecule has 0 atom stereocenters. The minimum Gasteiger partial charge on any atom is -0.506 e. The van der Waals surface area contributed by atoms with Gasteiger partial charge < -0.3 is 10.4 Å². The molecule has 0 spiro atoms. The molecule has 23 heavy (non-hydrogen) atoms. The van der Waals surface area contributed by atoms with Crippen molar-refractivity contribution in [3.63, 3.8) is 0 Å². The van der Waals surface area contributed by atoms with Crippen molar-refractivity contribution in [2.24, 2.45) is 10.2 Å². The molecule has 8 nitrogen and oxygen atoms in total. The zero-order chi connectivity index (χ0) is 16.4. The van der Waals surface area contributed by atoms with E-state index in [4.69, 9.17) is 0 Å². The van der Waals surface area contributed by atoms with Gasteiger partial charge in [0.15, 0.2) is 0 Å². The molecule has 8 heteroatoms. The number of aromatic amines is 1. The third-order valence-corrected chi connectivity index (χ3v) is 3.13. The van der Waals surface area contributed by atoms with Crippen molar-refractivity contribution in [3.05, 3.63) is 36.2 Å². The van der Waals surface area contributed by atoms with Gasteiger partial charge in [0, 0.05) is 12.3 Å². The third kappa shape index (κ3) is 3.00. The number of fused-ring (bicyclic) bond motifs is 1. The van der Waals surface area contributed by atoms with E-state index in [2.05, 4.69) is 30.7 Å². The van der Waals surface area contributed by atoms with Gasteiger partial charge in [0.05, 0.1) is 5.69 Å². The number of amides is 1. The minimum atomic E-state index is -0.215. The molecule has 0 bridgehead atoms. The maximum atomic E-state index is 11.4. The van der Waals surface area contributed by atoms with Crippen molar-refractivity contribution in [1.82, 2.24) is 15.2 Å². The predicted octanol–water partition coefficient (Wildman–Crippen LogP) is 3.35. The number of hydrogen-bond acceptors (Lipinski definition) is 6. The smallest absolute Gasteiger partial charge is 0.287 e. The first-order valence-electron chi connectivity index (χ1n) is 6.87. The number of nitrogens with one attached hydrogen (secondary N) is 2. The number of carbonyl (C=O) groups excluding carboxylic acids is 1. The van der Waals surface area contributed by atoms with E-state index >= 15 is 0 Å². The van der Waals surface area contributed by atoms with Gasteiger partial charge in [-0.25, -0.2) is 0 Å². The van der Waals surface area contributed by atoms with Gasteiger partial charge in [-0.05, 0) is 24.4 Å². The Bertz CT molecular complexity index is 915. The Hall–Kier alpha value is -3.29. The number of aromatic nitrogens is 3. The van der Waals surface area contributed by atoms with Gasteiger partial charge in [0.25, 0.3) is 5.95 Å². The molecule has 1 heterocycles. The van der Waals surface area contributed by atoms with Crippen LogP contribution in [0.25, 0.3) is 10.8 Å². The first-order chi connectivity index (χ1) is 11.0. The van der Waals surface area contributed by atoms with E-state index in [0.717, 1.165) is 5.39 Å². The summed E-state index contributed by atoms with van der Waals surface area (Å²) in [5.74, 6) is 0.510. The quantitative estimate of drug-likeness (QED) is 0.643. The number of rotatable bonds is 3. The number of H-pyrrole nitrogens is 1. The van der Waals surface area contributed by atoms with Crippen LogP contribution >= 0.6 is 0 Å². The highest BCUT2D eigenvalue weighted by Gasteiger charge is 2.12. The molecule has 116 valence electrons. The normalized spacial score (nSPS) is 11.2. The average molecular weight is 310 g/mol. The third-order valence-electron chi connectivity index (χ3n) is 3.13. The van der Waals surface area contributed by atoms with Gasteiger partial charge in [0.1, 0.15) is 17.3 Å². The first-order valence-corrected chi connectivity index (χ1v) is 6.87. The Labute approximate surface area is 131 Å². The Morgan fingerprint density at radius 3 is 2.78 bits per heavy atom. The van der Waals surface area contributed by atoms with E-state index in [9.17, 15) is 9.90 Å². The minimum absolute atomic E-state index is 0.0497. The summed E-state index contributed by atoms with van der Waals surface area (Å²) in [6.07, 6.45) is 0. The lowest BCUT2D eigenvalue weighted by Crippen LogP contribution is -2.06. The van der Waals surface area contributed by atoms with Crippen molar-refractivity contribution in [1.29, 1.82) is 0 Å². The fourth-order valence-electron chi connectivity index (χ4n) is 2.21. The highest BCUT2D eigenvalue weighted by molar-refractivity contribution is 6.08. The summed E-state index contributed by atoms with van der Waals surface area (Å²) in [5.41, 5.74) is 0.792. The van der Waals surface area contributed by atoms with Crippen LogP contribution < -0.4 is 5.32 Å². The number of aromatic hydroxyl groups is 1. The summed E-state index contributed by atoms with van der Waals surface area (Å²) >= 11 is 0. The number of aryl methyl sites for hydroxylation is 1. The van der Waals surface area contributed by atoms with Crippen molar-refractivity contribution >= 4 is 34.0 Å². The molecule has 3 rings (SSSR count). The maximum Gasteiger partial charge on any atom is 0.287 e.